The largest absolute Gasteiger partial charge is 0.495 e. The van der Waals surface area contributed by atoms with Crippen LogP contribution in [0.4, 0.5) is 0 Å². The smallest absolute Gasteiger partial charge is 0.161 e. The summed E-state index contributed by atoms with van der Waals surface area (Å²) >= 11 is 0. The van der Waals surface area contributed by atoms with Crippen LogP contribution in [0.5, 0.6) is 17.2 Å². The van der Waals surface area contributed by atoms with E-state index in [-0.39, 0.29) is 12.1 Å². The fourth-order valence-electron chi connectivity index (χ4n) is 5.76. The molecule has 2 aliphatic heterocycles. The highest BCUT2D eigenvalue weighted by molar-refractivity contribution is 5.49. The van der Waals surface area contributed by atoms with Crippen LogP contribution in [0.25, 0.3) is 0 Å². The van der Waals surface area contributed by atoms with E-state index in [1.54, 1.807) is 33.7 Å². The van der Waals surface area contributed by atoms with Gasteiger partial charge in [0.25, 0.3) is 0 Å². The Kier molecular flexibility index (Phi) is 7.14. The summed E-state index contributed by atoms with van der Waals surface area (Å²) < 4.78 is 16.7. The first-order valence-corrected chi connectivity index (χ1v) is 12.5. The molecule has 0 bridgehead atoms. The number of ether oxygens (including phenoxy) is 3. The van der Waals surface area contributed by atoms with Gasteiger partial charge in [-0.1, -0.05) is 24.3 Å². The number of rotatable bonds is 7. The molecule has 3 atom stereocenters. The van der Waals surface area contributed by atoms with E-state index in [1.807, 2.05) is 6.07 Å². The molecular weight excluding hydrogens is 454 g/mol. The molecule has 1 aromatic heterocycles. The molecule has 0 amide bonds. The molecular formula is C29H35N3O4. The fourth-order valence-corrected chi connectivity index (χ4v) is 5.76. The topological polar surface area (TPSA) is 67.3 Å². The van der Waals surface area contributed by atoms with Crippen molar-refractivity contribution in [2.24, 2.45) is 0 Å². The third-order valence-electron chi connectivity index (χ3n) is 7.77. The monoisotopic (exact) mass is 489 g/mol. The maximum atomic E-state index is 11.9. The van der Waals surface area contributed by atoms with E-state index in [9.17, 15) is 5.11 Å². The average molecular weight is 490 g/mol. The van der Waals surface area contributed by atoms with Gasteiger partial charge in [0, 0.05) is 37.4 Å². The summed E-state index contributed by atoms with van der Waals surface area (Å²) in [6, 6.07) is 14.7. The first-order chi connectivity index (χ1) is 17.5. The predicted octanol–water partition coefficient (Wildman–Crippen LogP) is 3.97. The SMILES string of the molecule is COc1cnccc1CN1Cc2ccccc2CC1C(O)N1CCc2cc(OC)c(OC)cc2C1C. The minimum Gasteiger partial charge on any atom is -0.495 e. The molecule has 7 heteroatoms. The third-order valence-corrected chi connectivity index (χ3v) is 7.77. The normalized spacial score (nSPS) is 20.8. The molecule has 3 heterocycles. The van der Waals surface area contributed by atoms with Gasteiger partial charge in [0.2, 0.25) is 0 Å². The first-order valence-electron chi connectivity index (χ1n) is 12.5. The van der Waals surface area contributed by atoms with E-state index >= 15 is 0 Å². The van der Waals surface area contributed by atoms with Crippen molar-refractivity contribution < 1.29 is 19.3 Å². The molecule has 3 aromatic rings. The Morgan fingerprint density at radius 2 is 1.69 bits per heavy atom. The quantitative estimate of drug-likeness (QED) is 0.539. The van der Waals surface area contributed by atoms with Gasteiger partial charge in [-0.2, -0.15) is 0 Å². The maximum Gasteiger partial charge on any atom is 0.161 e. The Morgan fingerprint density at radius 1 is 0.972 bits per heavy atom. The lowest BCUT2D eigenvalue weighted by Crippen LogP contribution is -2.56. The van der Waals surface area contributed by atoms with Gasteiger partial charge < -0.3 is 19.3 Å². The van der Waals surface area contributed by atoms with Gasteiger partial charge in [0.05, 0.1) is 33.6 Å². The zero-order valence-corrected chi connectivity index (χ0v) is 21.5. The molecule has 5 rings (SSSR count). The lowest BCUT2D eigenvalue weighted by molar-refractivity contribution is -0.0889. The van der Waals surface area contributed by atoms with E-state index in [2.05, 4.69) is 58.1 Å². The Labute approximate surface area is 213 Å². The molecule has 190 valence electrons. The van der Waals surface area contributed by atoms with Crippen LogP contribution >= 0.6 is 0 Å². The maximum absolute atomic E-state index is 11.9. The molecule has 36 heavy (non-hydrogen) atoms. The number of benzene rings is 2. The number of fused-ring (bicyclic) bond motifs is 2. The highest BCUT2D eigenvalue weighted by Gasteiger charge is 2.38. The van der Waals surface area contributed by atoms with E-state index < -0.39 is 6.23 Å². The molecule has 0 spiro atoms. The van der Waals surface area contributed by atoms with Crippen LogP contribution in [-0.4, -0.2) is 60.0 Å². The van der Waals surface area contributed by atoms with E-state index in [1.165, 1.54) is 22.3 Å². The van der Waals surface area contributed by atoms with Crippen LogP contribution in [0.15, 0.2) is 54.9 Å². The molecule has 0 aliphatic carbocycles. The zero-order chi connectivity index (χ0) is 25.2. The lowest BCUT2D eigenvalue weighted by Gasteiger charge is -2.46. The lowest BCUT2D eigenvalue weighted by atomic mass is 9.89. The van der Waals surface area contributed by atoms with Crippen molar-refractivity contribution in [2.45, 2.75) is 51.2 Å². The van der Waals surface area contributed by atoms with Crippen molar-refractivity contribution >= 4 is 0 Å². The van der Waals surface area contributed by atoms with Crippen molar-refractivity contribution in [2.75, 3.05) is 27.9 Å². The van der Waals surface area contributed by atoms with E-state index in [0.717, 1.165) is 48.7 Å². The van der Waals surface area contributed by atoms with Crippen molar-refractivity contribution in [1.29, 1.82) is 0 Å². The van der Waals surface area contributed by atoms with Crippen molar-refractivity contribution in [3.8, 4) is 17.2 Å². The Morgan fingerprint density at radius 3 is 2.44 bits per heavy atom. The van der Waals surface area contributed by atoms with Crippen LogP contribution in [0, 0.1) is 0 Å². The zero-order valence-electron chi connectivity index (χ0n) is 21.5. The highest BCUT2D eigenvalue weighted by atomic mass is 16.5. The number of hydrogen-bond donors (Lipinski definition) is 1. The Hall–Kier alpha value is -3.13. The van der Waals surface area contributed by atoms with Gasteiger partial charge in [-0.25, -0.2) is 0 Å². The summed E-state index contributed by atoms with van der Waals surface area (Å²) in [5.74, 6) is 2.24. The van der Waals surface area contributed by atoms with Gasteiger partial charge in [-0.05, 0) is 60.2 Å². The highest BCUT2D eigenvalue weighted by Crippen LogP contribution is 2.40. The van der Waals surface area contributed by atoms with E-state index in [4.69, 9.17) is 14.2 Å². The molecule has 2 aliphatic rings. The van der Waals surface area contributed by atoms with Gasteiger partial charge in [-0.15, -0.1) is 0 Å². The second-order valence-electron chi connectivity index (χ2n) is 9.62. The second-order valence-corrected chi connectivity index (χ2v) is 9.62. The van der Waals surface area contributed by atoms with Gasteiger partial charge in [-0.3, -0.25) is 14.8 Å². The number of aliphatic hydroxyl groups is 1. The third kappa shape index (κ3) is 4.54. The number of pyridine rings is 1. The van der Waals surface area contributed by atoms with Crippen LogP contribution in [0.1, 0.15) is 40.8 Å². The van der Waals surface area contributed by atoms with Gasteiger partial charge >= 0.3 is 0 Å². The number of methoxy groups -OCH3 is 3. The van der Waals surface area contributed by atoms with Crippen molar-refractivity contribution in [3.63, 3.8) is 0 Å². The number of hydrogen-bond acceptors (Lipinski definition) is 7. The minimum atomic E-state index is -0.637. The minimum absolute atomic E-state index is 0.0398. The van der Waals surface area contributed by atoms with Crippen molar-refractivity contribution in [1.82, 2.24) is 14.8 Å². The standard InChI is InChI=1S/C29H35N3O4/c1-19-24-15-27(35-3)26(34-2)14-21(24)10-12-32(19)29(33)25-13-20-7-5-6-8-22(20)17-31(25)18-23-9-11-30-16-28(23)36-4/h5-9,11,14-16,19,25,29,33H,10,12-13,17-18H2,1-4H3. The summed E-state index contributed by atoms with van der Waals surface area (Å²) in [4.78, 5) is 8.81. The van der Waals surface area contributed by atoms with Crippen LogP contribution in [-0.2, 0) is 25.9 Å². The molecule has 0 radical (unpaired) electrons. The summed E-state index contributed by atoms with van der Waals surface area (Å²) in [6.07, 6.45) is 4.55. The summed E-state index contributed by atoms with van der Waals surface area (Å²) in [7, 11) is 5.00. The number of aliphatic hydroxyl groups excluding tert-OH is 1. The van der Waals surface area contributed by atoms with Crippen LogP contribution in [0.2, 0.25) is 0 Å². The molecule has 2 aromatic carbocycles. The molecule has 7 nitrogen and oxygen atoms in total. The predicted molar refractivity (Wildman–Crippen MR) is 138 cm³/mol. The van der Waals surface area contributed by atoms with Gasteiger partial charge in [0.15, 0.2) is 11.5 Å². The number of aromatic nitrogens is 1. The summed E-state index contributed by atoms with van der Waals surface area (Å²) in [5.41, 5.74) is 6.10. The molecule has 0 saturated carbocycles. The summed E-state index contributed by atoms with van der Waals surface area (Å²) in [6.45, 7) is 4.38. The second kappa shape index (κ2) is 10.5. The first kappa shape index (κ1) is 24.6. The number of nitrogens with zero attached hydrogens (tertiary/aromatic N) is 3. The van der Waals surface area contributed by atoms with Crippen LogP contribution in [0.3, 0.4) is 0 Å². The van der Waals surface area contributed by atoms with E-state index in [0.29, 0.717) is 6.54 Å². The Bertz CT molecular complexity index is 1220. The molecule has 3 unspecified atom stereocenters. The average Bonchev–Trinajstić information content (AvgIpc) is 2.92. The summed E-state index contributed by atoms with van der Waals surface area (Å²) in [5, 5.41) is 11.9. The molecule has 0 fully saturated rings. The van der Waals surface area contributed by atoms with Crippen LogP contribution < -0.4 is 14.2 Å². The van der Waals surface area contributed by atoms with Crippen molar-refractivity contribution in [3.05, 3.63) is 82.7 Å². The molecule has 1 N–H and O–H groups in total. The molecule has 0 saturated heterocycles. The Balaban J connectivity index is 1.45. The van der Waals surface area contributed by atoms with Gasteiger partial charge in [0.1, 0.15) is 12.0 Å². The fraction of sp³-hybridized carbons (Fsp3) is 0.414.